The van der Waals surface area contributed by atoms with Gasteiger partial charge in [0.2, 0.25) is 0 Å². The third-order valence-electron chi connectivity index (χ3n) is 5.35. The number of benzene rings is 3. The predicted molar refractivity (Wildman–Crippen MR) is 126 cm³/mol. The van der Waals surface area contributed by atoms with Gasteiger partial charge in [-0.25, -0.2) is 5.43 Å². The Hall–Kier alpha value is -3.60. The van der Waals surface area contributed by atoms with Gasteiger partial charge in [0.1, 0.15) is 5.75 Å². The largest absolute Gasteiger partial charge is 0.484 e. The number of rotatable bonds is 7. The fourth-order valence-electron chi connectivity index (χ4n) is 3.66. The number of hydrogen-bond donors (Lipinski definition) is 1. The number of carbonyl (C=O) groups excluding carboxylic acids is 1. The summed E-state index contributed by atoms with van der Waals surface area (Å²) in [7, 11) is 0. The van der Waals surface area contributed by atoms with E-state index in [0.717, 1.165) is 29.8 Å². The predicted octanol–water partition coefficient (Wildman–Crippen LogP) is 4.87. The Morgan fingerprint density at radius 3 is 2.26 bits per heavy atom. The van der Waals surface area contributed by atoms with E-state index in [1.54, 1.807) is 6.21 Å². The van der Waals surface area contributed by atoms with Gasteiger partial charge in [-0.05, 0) is 60.2 Å². The van der Waals surface area contributed by atoms with Crippen LogP contribution in [0, 0.1) is 0 Å². The minimum Gasteiger partial charge on any atom is -0.484 e. The molecule has 1 aliphatic heterocycles. The summed E-state index contributed by atoms with van der Waals surface area (Å²) < 4.78 is 5.55. The van der Waals surface area contributed by atoms with Gasteiger partial charge < -0.3 is 9.64 Å². The Morgan fingerprint density at radius 1 is 0.871 bits per heavy atom. The quantitative estimate of drug-likeness (QED) is 0.444. The standard InChI is InChI=1S/C26H27N3O2/c30-26(20-31-25-15-11-23(12-16-25)22-7-3-1-4-8-22)28-27-19-21-9-13-24(14-10-21)29-17-5-2-6-18-29/h1,3-4,7-16,19H,2,5-6,17-18,20H2,(H,28,30)/b27-19+. The number of carbonyl (C=O) groups is 1. The summed E-state index contributed by atoms with van der Waals surface area (Å²) in [4.78, 5) is 14.4. The summed E-state index contributed by atoms with van der Waals surface area (Å²) >= 11 is 0. The van der Waals surface area contributed by atoms with Crippen LogP contribution in [-0.2, 0) is 4.79 Å². The molecule has 1 saturated heterocycles. The molecular weight excluding hydrogens is 386 g/mol. The first-order valence-corrected chi connectivity index (χ1v) is 10.7. The number of ether oxygens (including phenoxy) is 1. The Labute approximate surface area is 183 Å². The van der Waals surface area contributed by atoms with Crippen LogP contribution in [0.1, 0.15) is 24.8 Å². The van der Waals surface area contributed by atoms with Crippen LogP contribution in [0.15, 0.2) is 84.0 Å². The summed E-state index contributed by atoms with van der Waals surface area (Å²) in [5.74, 6) is 0.348. The van der Waals surface area contributed by atoms with Crippen LogP contribution < -0.4 is 15.1 Å². The Balaban J connectivity index is 1.22. The van der Waals surface area contributed by atoms with Crippen molar-refractivity contribution in [3.8, 4) is 16.9 Å². The van der Waals surface area contributed by atoms with Crippen molar-refractivity contribution in [1.29, 1.82) is 0 Å². The second kappa shape index (κ2) is 10.4. The average molecular weight is 414 g/mol. The second-order valence-electron chi connectivity index (χ2n) is 7.61. The van der Waals surface area contributed by atoms with Crippen molar-refractivity contribution in [1.82, 2.24) is 5.43 Å². The van der Waals surface area contributed by atoms with E-state index in [1.807, 2.05) is 54.6 Å². The SMILES string of the molecule is O=C(COc1ccc(-c2ccccc2)cc1)N/N=C/c1ccc(N2CCCCC2)cc1. The van der Waals surface area contributed by atoms with Crippen molar-refractivity contribution >= 4 is 17.8 Å². The molecule has 158 valence electrons. The van der Waals surface area contributed by atoms with Crippen molar-refractivity contribution in [3.63, 3.8) is 0 Å². The summed E-state index contributed by atoms with van der Waals surface area (Å²) in [6, 6.07) is 26.1. The molecule has 0 aliphatic carbocycles. The van der Waals surface area contributed by atoms with Crippen LogP contribution in [0.2, 0.25) is 0 Å². The smallest absolute Gasteiger partial charge is 0.277 e. The number of piperidine rings is 1. The molecule has 1 N–H and O–H groups in total. The first-order chi connectivity index (χ1) is 15.3. The Kier molecular flexibility index (Phi) is 6.96. The van der Waals surface area contributed by atoms with Gasteiger partial charge >= 0.3 is 0 Å². The highest BCUT2D eigenvalue weighted by Crippen LogP contribution is 2.22. The average Bonchev–Trinajstić information content (AvgIpc) is 2.85. The van der Waals surface area contributed by atoms with E-state index in [2.05, 4.69) is 39.7 Å². The van der Waals surface area contributed by atoms with Crippen LogP contribution >= 0.6 is 0 Å². The minimum atomic E-state index is -0.298. The van der Waals surface area contributed by atoms with Gasteiger partial charge in [-0.2, -0.15) is 5.10 Å². The van der Waals surface area contributed by atoms with Gasteiger partial charge in [0, 0.05) is 18.8 Å². The van der Waals surface area contributed by atoms with E-state index >= 15 is 0 Å². The van der Waals surface area contributed by atoms with Crippen LogP contribution in [0.4, 0.5) is 5.69 Å². The van der Waals surface area contributed by atoms with Crippen molar-refractivity contribution < 1.29 is 9.53 Å². The minimum absolute atomic E-state index is 0.0874. The molecule has 1 aliphatic rings. The molecule has 1 fully saturated rings. The highest BCUT2D eigenvalue weighted by Gasteiger charge is 2.10. The molecule has 0 unspecified atom stereocenters. The topological polar surface area (TPSA) is 53.9 Å². The number of nitrogens with one attached hydrogen (secondary N) is 1. The molecule has 5 nitrogen and oxygen atoms in total. The number of anilines is 1. The zero-order valence-electron chi connectivity index (χ0n) is 17.5. The lowest BCUT2D eigenvalue weighted by Crippen LogP contribution is -2.29. The first kappa shape index (κ1) is 20.7. The molecule has 0 radical (unpaired) electrons. The molecular formula is C26H27N3O2. The van der Waals surface area contributed by atoms with Crippen LogP contribution in [0.25, 0.3) is 11.1 Å². The molecule has 0 aromatic heterocycles. The van der Waals surface area contributed by atoms with Crippen molar-refractivity contribution in [2.45, 2.75) is 19.3 Å². The molecule has 31 heavy (non-hydrogen) atoms. The van der Waals surface area contributed by atoms with E-state index in [1.165, 1.54) is 24.9 Å². The molecule has 1 amide bonds. The molecule has 0 saturated carbocycles. The fourth-order valence-corrected chi connectivity index (χ4v) is 3.66. The van der Waals surface area contributed by atoms with E-state index < -0.39 is 0 Å². The third kappa shape index (κ3) is 5.95. The zero-order valence-corrected chi connectivity index (χ0v) is 17.5. The maximum atomic E-state index is 12.0. The molecule has 0 atom stereocenters. The van der Waals surface area contributed by atoms with Gasteiger partial charge in [-0.15, -0.1) is 0 Å². The number of nitrogens with zero attached hydrogens (tertiary/aromatic N) is 2. The second-order valence-corrected chi connectivity index (χ2v) is 7.61. The van der Waals surface area contributed by atoms with Crippen molar-refractivity contribution in [2.24, 2.45) is 5.10 Å². The van der Waals surface area contributed by atoms with Crippen molar-refractivity contribution in [2.75, 3.05) is 24.6 Å². The lowest BCUT2D eigenvalue weighted by Gasteiger charge is -2.28. The molecule has 0 bridgehead atoms. The van der Waals surface area contributed by atoms with E-state index in [-0.39, 0.29) is 12.5 Å². The fraction of sp³-hybridized carbons (Fsp3) is 0.231. The molecule has 4 rings (SSSR count). The monoisotopic (exact) mass is 413 g/mol. The lowest BCUT2D eigenvalue weighted by atomic mass is 10.1. The molecule has 3 aromatic rings. The molecule has 0 spiro atoms. The Bertz CT molecular complexity index is 993. The Morgan fingerprint density at radius 2 is 1.55 bits per heavy atom. The molecule has 5 heteroatoms. The maximum absolute atomic E-state index is 12.0. The molecule has 3 aromatic carbocycles. The summed E-state index contributed by atoms with van der Waals surface area (Å²) in [6.07, 6.45) is 5.49. The van der Waals surface area contributed by atoms with Crippen molar-refractivity contribution in [3.05, 3.63) is 84.4 Å². The zero-order chi connectivity index (χ0) is 21.3. The van der Waals surface area contributed by atoms with Gasteiger partial charge in [-0.1, -0.05) is 54.6 Å². The van der Waals surface area contributed by atoms with Gasteiger partial charge in [0.25, 0.3) is 5.91 Å². The lowest BCUT2D eigenvalue weighted by molar-refractivity contribution is -0.123. The van der Waals surface area contributed by atoms with Gasteiger partial charge in [-0.3, -0.25) is 4.79 Å². The maximum Gasteiger partial charge on any atom is 0.277 e. The summed E-state index contributed by atoms with van der Waals surface area (Å²) in [6.45, 7) is 2.16. The van der Waals surface area contributed by atoms with Crippen LogP contribution in [-0.4, -0.2) is 31.8 Å². The highest BCUT2D eigenvalue weighted by atomic mass is 16.5. The van der Waals surface area contributed by atoms with E-state index in [9.17, 15) is 4.79 Å². The van der Waals surface area contributed by atoms with Gasteiger partial charge in [0.15, 0.2) is 6.61 Å². The third-order valence-corrected chi connectivity index (χ3v) is 5.35. The van der Waals surface area contributed by atoms with E-state index in [4.69, 9.17) is 4.74 Å². The normalized spacial score (nSPS) is 13.9. The number of hydrazone groups is 1. The number of hydrogen-bond acceptors (Lipinski definition) is 4. The first-order valence-electron chi connectivity index (χ1n) is 10.7. The van der Waals surface area contributed by atoms with Crippen LogP contribution in [0.5, 0.6) is 5.75 Å². The van der Waals surface area contributed by atoms with Gasteiger partial charge in [0.05, 0.1) is 6.21 Å². The summed E-state index contributed by atoms with van der Waals surface area (Å²) in [5, 5.41) is 4.03. The van der Waals surface area contributed by atoms with E-state index in [0.29, 0.717) is 5.75 Å². The molecule has 1 heterocycles. The number of amides is 1. The highest BCUT2D eigenvalue weighted by molar-refractivity contribution is 5.83. The summed E-state index contributed by atoms with van der Waals surface area (Å²) in [5.41, 5.74) is 6.95. The van der Waals surface area contributed by atoms with Crippen LogP contribution in [0.3, 0.4) is 0 Å².